The molecular weight excluding hydrogens is 290 g/mol. The van der Waals surface area contributed by atoms with Gasteiger partial charge in [-0.25, -0.2) is 4.98 Å². The van der Waals surface area contributed by atoms with Crippen LogP contribution in [0.3, 0.4) is 0 Å². The normalized spacial score (nSPS) is 17.3. The third kappa shape index (κ3) is 4.91. The molecule has 128 valence electrons. The van der Waals surface area contributed by atoms with Gasteiger partial charge in [0.05, 0.1) is 17.9 Å². The van der Waals surface area contributed by atoms with Crippen LogP contribution in [0.5, 0.6) is 0 Å². The number of anilines is 2. The second-order valence-electron chi connectivity index (χ2n) is 6.47. The molecule has 1 saturated heterocycles. The monoisotopic (exact) mass is 319 g/mol. The van der Waals surface area contributed by atoms with E-state index in [0.29, 0.717) is 18.3 Å². The van der Waals surface area contributed by atoms with Gasteiger partial charge in [0.1, 0.15) is 5.82 Å². The fourth-order valence-electron chi connectivity index (χ4n) is 2.95. The van der Waals surface area contributed by atoms with Gasteiger partial charge in [0.15, 0.2) is 0 Å². The Kier molecular flexibility index (Phi) is 6.36. The zero-order valence-corrected chi connectivity index (χ0v) is 14.5. The quantitative estimate of drug-likeness (QED) is 0.834. The van der Waals surface area contributed by atoms with Crippen LogP contribution in [-0.2, 0) is 4.79 Å². The number of hydrogen-bond acceptors (Lipinski definition) is 5. The van der Waals surface area contributed by atoms with Gasteiger partial charge in [0.2, 0.25) is 5.91 Å². The first kappa shape index (κ1) is 17.7. The van der Waals surface area contributed by atoms with Gasteiger partial charge in [0, 0.05) is 19.1 Å². The molecule has 1 aliphatic heterocycles. The molecule has 1 fully saturated rings. The van der Waals surface area contributed by atoms with Crippen LogP contribution in [0.2, 0.25) is 0 Å². The largest absolute Gasteiger partial charge is 0.370 e. The molecule has 0 bridgehead atoms. The molecule has 1 aromatic heterocycles. The van der Waals surface area contributed by atoms with Crippen molar-refractivity contribution in [3.63, 3.8) is 0 Å². The van der Waals surface area contributed by atoms with Crippen LogP contribution in [0.1, 0.15) is 32.6 Å². The zero-order chi connectivity index (χ0) is 16.8. The van der Waals surface area contributed by atoms with E-state index in [9.17, 15) is 4.79 Å². The summed E-state index contributed by atoms with van der Waals surface area (Å²) < 4.78 is 0. The van der Waals surface area contributed by atoms with E-state index < -0.39 is 6.04 Å². The molecule has 0 aromatic carbocycles. The van der Waals surface area contributed by atoms with E-state index in [0.717, 1.165) is 38.0 Å². The van der Waals surface area contributed by atoms with Crippen molar-refractivity contribution < 1.29 is 4.79 Å². The zero-order valence-electron chi connectivity index (χ0n) is 14.5. The lowest BCUT2D eigenvalue weighted by molar-refractivity contribution is -0.117. The van der Waals surface area contributed by atoms with Crippen LogP contribution in [0, 0.1) is 0 Å². The number of amides is 1. The molecule has 1 amide bonds. The minimum atomic E-state index is -0.466. The highest BCUT2D eigenvalue weighted by molar-refractivity contribution is 5.93. The first-order chi connectivity index (χ1) is 11.0. The van der Waals surface area contributed by atoms with Crippen LogP contribution in [0.25, 0.3) is 0 Å². The fraction of sp³-hybridized carbons (Fsp3) is 0.647. The van der Waals surface area contributed by atoms with Gasteiger partial charge in [-0.3, -0.25) is 4.79 Å². The minimum Gasteiger partial charge on any atom is -0.370 e. The summed E-state index contributed by atoms with van der Waals surface area (Å²) in [7, 11) is 4.28. The molecular formula is C17H29N5O. The lowest BCUT2D eigenvalue weighted by atomic mass is 10.0. The molecule has 0 aliphatic carbocycles. The number of carbonyl (C=O) groups is 1. The van der Waals surface area contributed by atoms with E-state index in [2.05, 4.69) is 34.2 Å². The molecule has 3 N–H and O–H groups in total. The van der Waals surface area contributed by atoms with Crippen molar-refractivity contribution >= 4 is 17.4 Å². The summed E-state index contributed by atoms with van der Waals surface area (Å²) in [5.74, 6) is 0.396. The maximum absolute atomic E-state index is 11.9. The molecule has 1 aliphatic rings. The van der Waals surface area contributed by atoms with Crippen LogP contribution in [0.15, 0.2) is 18.3 Å². The Bertz CT molecular complexity index is 494. The Morgan fingerprint density at radius 2 is 2.13 bits per heavy atom. The summed E-state index contributed by atoms with van der Waals surface area (Å²) in [6.45, 7) is 4.09. The number of rotatable bonds is 6. The summed E-state index contributed by atoms with van der Waals surface area (Å²) in [4.78, 5) is 20.9. The summed E-state index contributed by atoms with van der Waals surface area (Å²) in [5, 5.41) is 2.78. The molecule has 6 nitrogen and oxygen atoms in total. The number of pyridine rings is 1. The third-order valence-electron chi connectivity index (χ3n) is 4.50. The Labute approximate surface area is 139 Å². The van der Waals surface area contributed by atoms with Crippen molar-refractivity contribution in [2.75, 3.05) is 37.4 Å². The summed E-state index contributed by atoms with van der Waals surface area (Å²) in [6, 6.07) is 4.07. The number of aromatic nitrogens is 1. The summed E-state index contributed by atoms with van der Waals surface area (Å²) in [5.41, 5.74) is 6.92. The average Bonchev–Trinajstić information content (AvgIpc) is 2.56. The van der Waals surface area contributed by atoms with Gasteiger partial charge in [-0.15, -0.1) is 0 Å². The number of hydrogen-bond donors (Lipinski definition) is 2. The van der Waals surface area contributed by atoms with Crippen molar-refractivity contribution in [3.8, 4) is 0 Å². The van der Waals surface area contributed by atoms with Crippen molar-refractivity contribution in [1.29, 1.82) is 0 Å². The maximum Gasteiger partial charge on any atom is 0.242 e. The predicted molar refractivity (Wildman–Crippen MR) is 94.7 cm³/mol. The van der Waals surface area contributed by atoms with Crippen molar-refractivity contribution in [3.05, 3.63) is 18.3 Å². The Morgan fingerprint density at radius 1 is 1.43 bits per heavy atom. The van der Waals surface area contributed by atoms with Gasteiger partial charge in [-0.1, -0.05) is 13.3 Å². The molecule has 1 aromatic rings. The van der Waals surface area contributed by atoms with Gasteiger partial charge in [0.25, 0.3) is 0 Å². The molecule has 1 atom stereocenters. The lowest BCUT2D eigenvalue weighted by Crippen LogP contribution is -2.42. The number of nitrogens with zero attached hydrogens (tertiary/aromatic N) is 3. The van der Waals surface area contributed by atoms with Crippen molar-refractivity contribution in [1.82, 2.24) is 9.88 Å². The molecule has 6 heteroatoms. The molecule has 23 heavy (non-hydrogen) atoms. The predicted octanol–water partition coefficient (Wildman–Crippen LogP) is 1.68. The maximum atomic E-state index is 11.9. The number of carbonyl (C=O) groups excluding carboxylic acids is 1. The molecule has 0 spiro atoms. The Morgan fingerprint density at radius 3 is 2.65 bits per heavy atom. The van der Waals surface area contributed by atoms with Crippen LogP contribution < -0.4 is 16.0 Å². The number of nitrogens with two attached hydrogens (primary N) is 1. The van der Waals surface area contributed by atoms with E-state index in [1.54, 1.807) is 0 Å². The van der Waals surface area contributed by atoms with Gasteiger partial charge < -0.3 is 20.9 Å². The fourth-order valence-corrected chi connectivity index (χ4v) is 2.95. The molecule has 2 rings (SSSR count). The van der Waals surface area contributed by atoms with Crippen LogP contribution in [-0.4, -0.2) is 55.1 Å². The highest BCUT2D eigenvalue weighted by atomic mass is 16.2. The molecule has 0 saturated carbocycles. The highest BCUT2D eigenvalue weighted by Crippen LogP contribution is 2.22. The lowest BCUT2D eigenvalue weighted by Gasteiger charge is -2.36. The number of nitrogens with one attached hydrogen (secondary N) is 1. The summed E-state index contributed by atoms with van der Waals surface area (Å²) >= 11 is 0. The van der Waals surface area contributed by atoms with Crippen LogP contribution in [0.4, 0.5) is 11.5 Å². The highest BCUT2D eigenvalue weighted by Gasteiger charge is 2.21. The van der Waals surface area contributed by atoms with E-state index in [1.807, 2.05) is 25.3 Å². The van der Waals surface area contributed by atoms with Gasteiger partial charge in [-0.05, 0) is 45.5 Å². The van der Waals surface area contributed by atoms with E-state index in [4.69, 9.17) is 5.73 Å². The number of piperidine rings is 1. The van der Waals surface area contributed by atoms with Gasteiger partial charge in [-0.2, -0.15) is 0 Å². The molecule has 2 heterocycles. The van der Waals surface area contributed by atoms with Crippen LogP contribution >= 0.6 is 0 Å². The first-order valence-corrected chi connectivity index (χ1v) is 8.45. The molecule has 0 radical (unpaired) electrons. The second-order valence-corrected chi connectivity index (χ2v) is 6.47. The van der Waals surface area contributed by atoms with Crippen molar-refractivity contribution in [2.24, 2.45) is 5.73 Å². The van der Waals surface area contributed by atoms with Crippen molar-refractivity contribution in [2.45, 2.75) is 44.7 Å². The Balaban J connectivity index is 1.89. The SMILES string of the molecule is CCCC(N)C(=O)Nc1ccc(N2CCC(N(C)C)CC2)cn1. The van der Waals surface area contributed by atoms with E-state index >= 15 is 0 Å². The standard InChI is InChI=1S/C17H29N5O/c1-4-5-15(18)17(23)20-16-7-6-14(12-19-16)22-10-8-13(9-11-22)21(2)3/h6-7,12-13,15H,4-5,8-11,18H2,1-3H3,(H,19,20,23). The smallest absolute Gasteiger partial charge is 0.242 e. The van der Waals surface area contributed by atoms with E-state index in [1.165, 1.54) is 0 Å². The first-order valence-electron chi connectivity index (χ1n) is 8.45. The third-order valence-corrected chi connectivity index (χ3v) is 4.50. The molecule has 1 unspecified atom stereocenters. The average molecular weight is 319 g/mol. The minimum absolute atomic E-state index is 0.168. The summed E-state index contributed by atoms with van der Waals surface area (Å²) in [6.07, 6.45) is 5.74. The van der Waals surface area contributed by atoms with E-state index in [-0.39, 0.29) is 5.91 Å². The van der Waals surface area contributed by atoms with Gasteiger partial charge >= 0.3 is 0 Å². The topological polar surface area (TPSA) is 74.5 Å². The Hall–Kier alpha value is -1.66. The second kappa shape index (κ2) is 8.26.